The van der Waals surface area contributed by atoms with Crippen LogP contribution in [0.1, 0.15) is 68.6 Å². The van der Waals surface area contributed by atoms with Crippen LogP contribution in [0.4, 0.5) is 0 Å². The third-order valence-electron chi connectivity index (χ3n) is 9.23. The lowest BCUT2D eigenvalue weighted by atomic mass is 9.50. The van der Waals surface area contributed by atoms with Crippen molar-refractivity contribution in [1.29, 1.82) is 0 Å². The van der Waals surface area contributed by atoms with Crippen molar-refractivity contribution in [3.05, 3.63) is 77.5 Å². The van der Waals surface area contributed by atoms with E-state index in [4.69, 9.17) is 4.98 Å². The largest absolute Gasteiger partial charge is 0.256 e. The van der Waals surface area contributed by atoms with Crippen molar-refractivity contribution < 1.29 is 0 Å². The Kier molecular flexibility index (Phi) is 3.70. The number of rotatable bonds is 2. The molecule has 0 radical (unpaired) electrons. The smallest absolute Gasteiger partial charge is 0.0705 e. The average molecular weight is 406 g/mol. The van der Waals surface area contributed by atoms with E-state index in [0.29, 0.717) is 0 Å². The molecule has 8 rings (SSSR count). The minimum absolute atomic E-state index is 0.00401. The molecule has 3 aromatic rings. The first kappa shape index (κ1) is 18.2. The maximum absolute atomic E-state index is 4.73. The number of aromatic nitrogens is 1. The third-order valence-corrected chi connectivity index (χ3v) is 9.23. The minimum atomic E-state index is 0.00401. The van der Waals surface area contributed by atoms with Gasteiger partial charge in [-0.2, -0.15) is 0 Å². The van der Waals surface area contributed by atoms with E-state index in [9.17, 15) is 0 Å². The maximum atomic E-state index is 4.73. The summed E-state index contributed by atoms with van der Waals surface area (Å²) in [5.41, 5.74) is 10.1. The molecule has 4 fully saturated rings. The van der Waals surface area contributed by atoms with Gasteiger partial charge in [-0.05, 0) is 102 Å². The Bertz CT molecular complexity index is 1140. The topological polar surface area (TPSA) is 12.9 Å². The lowest BCUT2D eigenvalue weighted by Gasteiger charge is -2.55. The molecule has 1 heterocycles. The standard InChI is InChI=1S/C30H31N/c1-30(2)28-22(7-5-9-24(28)26-11-3-4-12-31-26)23-8-6-10-25(29(23)30)27-20-14-18-13-19(16-20)17-21(27)15-18/h3-12,18-21,27H,13-17H2,1-2H3. The van der Waals surface area contributed by atoms with Crippen molar-refractivity contribution in [2.75, 3.05) is 0 Å². The summed E-state index contributed by atoms with van der Waals surface area (Å²) in [5.74, 6) is 4.65. The van der Waals surface area contributed by atoms with E-state index < -0.39 is 0 Å². The number of benzene rings is 2. The zero-order chi connectivity index (χ0) is 20.7. The highest BCUT2D eigenvalue weighted by Gasteiger charge is 2.51. The van der Waals surface area contributed by atoms with E-state index >= 15 is 0 Å². The van der Waals surface area contributed by atoms with E-state index in [1.165, 1.54) is 54.4 Å². The van der Waals surface area contributed by atoms with Gasteiger partial charge in [0.25, 0.3) is 0 Å². The van der Waals surface area contributed by atoms with Crippen LogP contribution in [-0.4, -0.2) is 4.98 Å². The Labute approximate surface area is 185 Å². The number of nitrogens with zero attached hydrogens (tertiary/aromatic N) is 1. The van der Waals surface area contributed by atoms with Crippen LogP contribution in [0.5, 0.6) is 0 Å². The first-order valence-corrected chi connectivity index (χ1v) is 12.3. The predicted molar refractivity (Wildman–Crippen MR) is 127 cm³/mol. The number of hydrogen-bond acceptors (Lipinski definition) is 1. The summed E-state index contributed by atoms with van der Waals surface area (Å²) in [4.78, 5) is 4.73. The summed E-state index contributed by atoms with van der Waals surface area (Å²) >= 11 is 0. The second kappa shape index (κ2) is 6.31. The zero-order valence-corrected chi connectivity index (χ0v) is 18.6. The second-order valence-electron chi connectivity index (χ2n) is 11.3. The third kappa shape index (κ3) is 2.47. The van der Waals surface area contributed by atoms with Gasteiger partial charge in [0.2, 0.25) is 0 Å². The molecule has 156 valence electrons. The van der Waals surface area contributed by atoms with Gasteiger partial charge in [0.1, 0.15) is 0 Å². The molecular formula is C30H31N. The molecule has 31 heavy (non-hydrogen) atoms. The molecule has 0 unspecified atom stereocenters. The maximum Gasteiger partial charge on any atom is 0.0705 e. The fourth-order valence-corrected chi connectivity index (χ4v) is 8.51. The molecule has 0 amide bonds. The summed E-state index contributed by atoms with van der Waals surface area (Å²) in [7, 11) is 0. The van der Waals surface area contributed by atoms with Crippen LogP contribution in [0.2, 0.25) is 0 Å². The monoisotopic (exact) mass is 405 g/mol. The fraction of sp³-hybridized carbons (Fsp3) is 0.433. The van der Waals surface area contributed by atoms with Gasteiger partial charge in [0, 0.05) is 17.2 Å². The molecular weight excluding hydrogens is 374 g/mol. The van der Waals surface area contributed by atoms with Crippen LogP contribution in [-0.2, 0) is 5.41 Å². The molecule has 4 bridgehead atoms. The Morgan fingerprint density at radius 1 is 0.677 bits per heavy atom. The van der Waals surface area contributed by atoms with E-state index in [2.05, 4.69) is 62.4 Å². The Morgan fingerprint density at radius 3 is 2.00 bits per heavy atom. The van der Waals surface area contributed by atoms with Crippen LogP contribution < -0.4 is 0 Å². The van der Waals surface area contributed by atoms with E-state index in [-0.39, 0.29) is 5.41 Å². The molecule has 0 saturated heterocycles. The number of pyridine rings is 1. The van der Waals surface area contributed by atoms with Crippen molar-refractivity contribution >= 4 is 0 Å². The zero-order valence-electron chi connectivity index (χ0n) is 18.6. The fourth-order valence-electron chi connectivity index (χ4n) is 8.51. The molecule has 5 aliphatic carbocycles. The molecule has 0 atom stereocenters. The normalized spacial score (nSPS) is 31.5. The van der Waals surface area contributed by atoms with Crippen molar-refractivity contribution in [2.45, 2.75) is 57.3 Å². The summed E-state index contributed by atoms with van der Waals surface area (Å²) in [5, 5.41) is 0. The highest BCUT2D eigenvalue weighted by molar-refractivity contribution is 5.88. The van der Waals surface area contributed by atoms with Crippen molar-refractivity contribution in [3.63, 3.8) is 0 Å². The summed E-state index contributed by atoms with van der Waals surface area (Å²) in [6.45, 7) is 4.92. The molecule has 1 nitrogen and oxygen atoms in total. The Morgan fingerprint density at radius 2 is 1.32 bits per heavy atom. The molecule has 0 aliphatic heterocycles. The lowest BCUT2D eigenvalue weighted by Crippen LogP contribution is -2.44. The highest BCUT2D eigenvalue weighted by atomic mass is 14.7. The van der Waals surface area contributed by atoms with Gasteiger partial charge >= 0.3 is 0 Å². The predicted octanol–water partition coefficient (Wildman–Crippen LogP) is 7.59. The number of hydrogen-bond donors (Lipinski definition) is 0. The lowest BCUT2D eigenvalue weighted by molar-refractivity contribution is -0.00319. The van der Waals surface area contributed by atoms with Crippen LogP contribution in [0.3, 0.4) is 0 Å². The van der Waals surface area contributed by atoms with Gasteiger partial charge in [-0.1, -0.05) is 56.3 Å². The average Bonchev–Trinajstić information content (AvgIpc) is 3.02. The molecule has 2 aromatic carbocycles. The van der Waals surface area contributed by atoms with Gasteiger partial charge in [-0.3, -0.25) is 4.98 Å². The van der Waals surface area contributed by atoms with Crippen molar-refractivity contribution in [3.8, 4) is 22.4 Å². The first-order valence-electron chi connectivity index (χ1n) is 12.3. The van der Waals surface area contributed by atoms with E-state index in [1.807, 2.05) is 12.3 Å². The van der Waals surface area contributed by atoms with E-state index in [1.54, 1.807) is 11.1 Å². The van der Waals surface area contributed by atoms with E-state index in [0.717, 1.165) is 35.3 Å². The van der Waals surface area contributed by atoms with Crippen molar-refractivity contribution in [1.82, 2.24) is 4.98 Å². The van der Waals surface area contributed by atoms with Crippen LogP contribution in [0.15, 0.2) is 60.8 Å². The molecule has 0 spiro atoms. The highest BCUT2D eigenvalue weighted by Crippen LogP contribution is 2.62. The van der Waals surface area contributed by atoms with Gasteiger partial charge in [0.15, 0.2) is 0 Å². The molecule has 5 aliphatic rings. The molecule has 1 aromatic heterocycles. The quantitative estimate of drug-likeness (QED) is 0.428. The van der Waals surface area contributed by atoms with Crippen LogP contribution in [0.25, 0.3) is 22.4 Å². The second-order valence-corrected chi connectivity index (χ2v) is 11.3. The van der Waals surface area contributed by atoms with Crippen LogP contribution >= 0.6 is 0 Å². The van der Waals surface area contributed by atoms with Gasteiger partial charge in [-0.25, -0.2) is 0 Å². The first-order chi connectivity index (χ1) is 15.1. The van der Waals surface area contributed by atoms with Gasteiger partial charge in [0.05, 0.1) is 5.69 Å². The Hall–Kier alpha value is -2.41. The summed E-state index contributed by atoms with van der Waals surface area (Å²) < 4.78 is 0. The SMILES string of the molecule is CC1(C)c2c(-c3ccccn3)cccc2-c2cccc(C3C4CC5CC(C4)CC3C5)c21. The van der Waals surface area contributed by atoms with Crippen molar-refractivity contribution in [2.24, 2.45) is 23.7 Å². The number of fused-ring (bicyclic) bond motifs is 3. The Balaban J connectivity index is 1.42. The molecule has 1 heteroatoms. The molecule has 4 saturated carbocycles. The van der Waals surface area contributed by atoms with Crippen LogP contribution in [0, 0.1) is 23.7 Å². The minimum Gasteiger partial charge on any atom is -0.256 e. The summed E-state index contributed by atoms with van der Waals surface area (Å²) in [6, 6.07) is 20.3. The van der Waals surface area contributed by atoms with Gasteiger partial charge < -0.3 is 0 Å². The summed E-state index contributed by atoms with van der Waals surface area (Å²) in [6.07, 6.45) is 9.37. The van der Waals surface area contributed by atoms with Gasteiger partial charge in [-0.15, -0.1) is 0 Å². The molecule has 0 N–H and O–H groups in total.